The van der Waals surface area contributed by atoms with Crippen LogP contribution in [0.4, 0.5) is 0 Å². The van der Waals surface area contributed by atoms with E-state index in [1.54, 1.807) is 12.1 Å². The van der Waals surface area contributed by atoms with Crippen molar-refractivity contribution < 1.29 is 9.59 Å². The molecule has 1 saturated carbocycles. The lowest BCUT2D eigenvalue weighted by Gasteiger charge is -2.21. The molecule has 0 aliphatic heterocycles. The van der Waals surface area contributed by atoms with Gasteiger partial charge in [-0.25, -0.2) is 0 Å². The monoisotopic (exact) mass is 311 g/mol. The molecule has 0 atom stereocenters. The first-order valence-corrected chi connectivity index (χ1v) is 7.90. The maximum atomic E-state index is 11.9. The van der Waals surface area contributed by atoms with E-state index in [4.69, 9.17) is 12.2 Å². The summed E-state index contributed by atoms with van der Waals surface area (Å²) in [5.74, 6) is -0.283. The van der Waals surface area contributed by atoms with Crippen LogP contribution >= 0.6 is 23.6 Å². The summed E-state index contributed by atoms with van der Waals surface area (Å²) in [5, 5.41) is 4.44. The zero-order valence-corrected chi connectivity index (χ0v) is 12.6. The van der Waals surface area contributed by atoms with Crippen molar-refractivity contribution in [3.63, 3.8) is 0 Å². The van der Waals surface area contributed by atoms with E-state index in [0.717, 1.165) is 25.7 Å². The van der Waals surface area contributed by atoms with Crippen LogP contribution in [-0.2, 0) is 4.79 Å². The Morgan fingerprint density at radius 2 is 1.95 bits per heavy atom. The van der Waals surface area contributed by atoms with E-state index >= 15 is 0 Å². The Balaban J connectivity index is 1.72. The van der Waals surface area contributed by atoms with Crippen molar-refractivity contribution in [3.8, 4) is 0 Å². The van der Waals surface area contributed by atoms with Gasteiger partial charge in [0.1, 0.15) is 0 Å². The summed E-state index contributed by atoms with van der Waals surface area (Å²) < 4.78 is 0. The molecule has 1 aromatic heterocycles. The number of hydrazine groups is 1. The SMILES string of the molecule is O=C(NC(=S)NNC(=O)C1CCCCC1)c1cccs1. The van der Waals surface area contributed by atoms with Crippen LogP contribution in [0.3, 0.4) is 0 Å². The van der Waals surface area contributed by atoms with Crippen molar-refractivity contribution in [3.05, 3.63) is 22.4 Å². The molecule has 1 fully saturated rings. The van der Waals surface area contributed by atoms with Gasteiger partial charge in [-0.1, -0.05) is 25.3 Å². The number of hydrogen-bond acceptors (Lipinski definition) is 4. The molecule has 3 N–H and O–H groups in total. The molecular formula is C13H17N3O2S2. The van der Waals surface area contributed by atoms with Gasteiger partial charge >= 0.3 is 0 Å². The normalized spacial score (nSPS) is 15.4. The summed E-state index contributed by atoms with van der Waals surface area (Å²) in [5.41, 5.74) is 5.14. The summed E-state index contributed by atoms with van der Waals surface area (Å²) in [6.45, 7) is 0. The molecule has 20 heavy (non-hydrogen) atoms. The molecule has 1 aliphatic rings. The van der Waals surface area contributed by atoms with Crippen LogP contribution in [0.25, 0.3) is 0 Å². The van der Waals surface area contributed by atoms with Crippen LogP contribution in [0.1, 0.15) is 41.8 Å². The van der Waals surface area contributed by atoms with Gasteiger partial charge in [0.05, 0.1) is 4.88 Å². The second-order valence-electron chi connectivity index (χ2n) is 4.71. The number of nitrogens with one attached hydrogen (secondary N) is 3. The lowest BCUT2D eigenvalue weighted by atomic mass is 9.89. The molecule has 7 heteroatoms. The highest BCUT2D eigenvalue weighted by molar-refractivity contribution is 7.80. The summed E-state index contributed by atoms with van der Waals surface area (Å²) >= 11 is 6.30. The van der Waals surface area contributed by atoms with Crippen molar-refractivity contribution in [1.29, 1.82) is 0 Å². The molecule has 0 unspecified atom stereocenters. The van der Waals surface area contributed by atoms with Gasteiger partial charge in [-0.2, -0.15) is 0 Å². The van der Waals surface area contributed by atoms with Crippen LogP contribution in [0.5, 0.6) is 0 Å². The second-order valence-corrected chi connectivity index (χ2v) is 6.07. The number of thiocarbonyl (C=S) groups is 1. The second kappa shape index (κ2) is 7.35. The van der Waals surface area contributed by atoms with Gasteiger partial charge < -0.3 is 0 Å². The number of rotatable bonds is 2. The Morgan fingerprint density at radius 3 is 2.60 bits per heavy atom. The zero-order valence-electron chi connectivity index (χ0n) is 11.0. The third-order valence-electron chi connectivity index (χ3n) is 3.25. The van der Waals surface area contributed by atoms with Crippen molar-refractivity contribution in [2.45, 2.75) is 32.1 Å². The Labute approximate surface area is 127 Å². The highest BCUT2D eigenvalue weighted by Gasteiger charge is 2.21. The fourth-order valence-electron chi connectivity index (χ4n) is 2.19. The fourth-order valence-corrected chi connectivity index (χ4v) is 2.95. The predicted octanol–water partition coefficient (Wildman–Crippen LogP) is 1.96. The van der Waals surface area contributed by atoms with Crippen LogP contribution in [-0.4, -0.2) is 16.9 Å². The predicted molar refractivity (Wildman–Crippen MR) is 82.2 cm³/mol. The van der Waals surface area contributed by atoms with Gasteiger partial charge in [0.15, 0.2) is 5.11 Å². The average molecular weight is 311 g/mol. The third-order valence-corrected chi connectivity index (χ3v) is 4.32. The summed E-state index contributed by atoms with van der Waals surface area (Å²) in [4.78, 5) is 24.2. The quantitative estimate of drug-likeness (QED) is 0.577. The highest BCUT2D eigenvalue weighted by Crippen LogP contribution is 2.23. The van der Waals surface area contributed by atoms with E-state index in [-0.39, 0.29) is 22.8 Å². The molecule has 108 valence electrons. The van der Waals surface area contributed by atoms with Gasteiger partial charge in [0, 0.05) is 5.92 Å². The molecule has 2 rings (SSSR count). The fraction of sp³-hybridized carbons (Fsp3) is 0.462. The summed E-state index contributed by atoms with van der Waals surface area (Å²) in [6, 6.07) is 3.50. The van der Waals surface area contributed by atoms with E-state index in [2.05, 4.69) is 16.2 Å². The summed E-state index contributed by atoms with van der Waals surface area (Å²) in [6.07, 6.45) is 5.23. The van der Waals surface area contributed by atoms with Crippen molar-refractivity contribution in [2.75, 3.05) is 0 Å². The van der Waals surface area contributed by atoms with Crippen LogP contribution in [0.15, 0.2) is 17.5 Å². The van der Waals surface area contributed by atoms with E-state index < -0.39 is 0 Å². The molecule has 1 aliphatic carbocycles. The molecule has 0 radical (unpaired) electrons. The lowest BCUT2D eigenvalue weighted by molar-refractivity contribution is -0.126. The number of hydrogen-bond donors (Lipinski definition) is 3. The minimum atomic E-state index is -0.274. The lowest BCUT2D eigenvalue weighted by Crippen LogP contribution is -2.50. The first-order chi connectivity index (χ1) is 9.66. The number of carbonyl (C=O) groups excluding carboxylic acids is 2. The molecule has 1 aromatic rings. The minimum Gasteiger partial charge on any atom is -0.297 e. The first kappa shape index (κ1) is 14.9. The Hall–Kier alpha value is -1.47. The number of thiophene rings is 1. The van der Waals surface area contributed by atoms with Gasteiger partial charge in [0.25, 0.3) is 5.91 Å². The smallest absolute Gasteiger partial charge is 0.267 e. The topological polar surface area (TPSA) is 70.2 Å². The van der Waals surface area contributed by atoms with E-state index in [9.17, 15) is 9.59 Å². The van der Waals surface area contributed by atoms with E-state index in [1.807, 2.05) is 5.38 Å². The highest BCUT2D eigenvalue weighted by atomic mass is 32.1. The minimum absolute atomic E-state index is 0.0482. The van der Waals surface area contributed by atoms with Gasteiger partial charge in [-0.15, -0.1) is 11.3 Å². The molecule has 2 amide bonds. The first-order valence-electron chi connectivity index (χ1n) is 6.61. The molecular weight excluding hydrogens is 294 g/mol. The standard InChI is InChI=1S/C13H17N3O2S2/c17-11(9-5-2-1-3-6-9)15-16-13(19)14-12(18)10-7-4-8-20-10/h4,7-9H,1-3,5-6H2,(H,15,17)(H2,14,16,18,19). The van der Waals surface area contributed by atoms with Crippen molar-refractivity contribution >= 4 is 40.5 Å². The maximum Gasteiger partial charge on any atom is 0.267 e. The number of carbonyl (C=O) groups is 2. The molecule has 0 saturated heterocycles. The van der Waals surface area contributed by atoms with Crippen molar-refractivity contribution in [2.24, 2.45) is 5.92 Å². The van der Waals surface area contributed by atoms with Crippen LogP contribution in [0.2, 0.25) is 0 Å². The molecule has 0 aromatic carbocycles. The largest absolute Gasteiger partial charge is 0.297 e. The zero-order chi connectivity index (χ0) is 14.4. The van der Waals surface area contributed by atoms with Crippen LogP contribution < -0.4 is 16.2 Å². The number of amides is 2. The van der Waals surface area contributed by atoms with Gasteiger partial charge in [0.2, 0.25) is 5.91 Å². The van der Waals surface area contributed by atoms with Gasteiger partial charge in [-0.05, 0) is 36.5 Å². The molecule has 0 spiro atoms. The average Bonchev–Trinajstić information content (AvgIpc) is 3.00. The maximum absolute atomic E-state index is 11.9. The third kappa shape index (κ3) is 4.28. The van der Waals surface area contributed by atoms with Crippen molar-refractivity contribution in [1.82, 2.24) is 16.2 Å². The molecule has 5 nitrogen and oxygen atoms in total. The molecule has 1 heterocycles. The van der Waals surface area contributed by atoms with E-state index in [0.29, 0.717) is 4.88 Å². The van der Waals surface area contributed by atoms with Gasteiger partial charge in [-0.3, -0.25) is 25.8 Å². The summed E-state index contributed by atoms with van der Waals surface area (Å²) in [7, 11) is 0. The van der Waals surface area contributed by atoms with E-state index in [1.165, 1.54) is 17.8 Å². The Morgan fingerprint density at radius 1 is 1.20 bits per heavy atom. The Bertz CT molecular complexity index is 482. The molecule has 0 bridgehead atoms. The Kier molecular flexibility index (Phi) is 5.49. The van der Waals surface area contributed by atoms with Crippen LogP contribution in [0, 0.1) is 5.92 Å².